The second-order valence-corrected chi connectivity index (χ2v) is 9.30. The summed E-state index contributed by atoms with van der Waals surface area (Å²) in [6.07, 6.45) is 5.97. The molecule has 4 amide bonds. The molecule has 1 aromatic carbocycles. The number of hydrogen-bond donors (Lipinski definition) is 2. The fraction of sp³-hybridized carbons (Fsp3) is 0.609. The molecule has 30 heavy (non-hydrogen) atoms. The van der Waals surface area contributed by atoms with Crippen LogP contribution in [0.1, 0.15) is 59.3 Å². The molecule has 2 aliphatic heterocycles. The zero-order chi connectivity index (χ0) is 21.7. The summed E-state index contributed by atoms with van der Waals surface area (Å²) >= 11 is 0. The fourth-order valence-corrected chi connectivity index (χ4v) is 4.05. The Labute approximate surface area is 179 Å². The number of nitrogens with zero attached hydrogens (tertiary/aromatic N) is 2. The van der Waals surface area contributed by atoms with Crippen LogP contribution < -0.4 is 10.6 Å². The Balaban J connectivity index is 1.56. The van der Waals surface area contributed by atoms with Gasteiger partial charge in [0, 0.05) is 36.4 Å². The van der Waals surface area contributed by atoms with Gasteiger partial charge in [-0.25, -0.2) is 4.79 Å². The van der Waals surface area contributed by atoms with Crippen molar-refractivity contribution in [1.82, 2.24) is 9.80 Å². The molecule has 0 spiro atoms. The van der Waals surface area contributed by atoms with E-state index in [1.54, 1.807) is 29.2 Å². The monoisotopic (exact) mass is 414 g/mol. The van der Waals surface area contributed by atoms with Crippen molar-refractivity contribution < 1.29 is 14.4 Å². The average Bonchev–Trinajstić information content (AvgIpc) is 3.02. The topological polar surface area (TPSA) is 81.8 Å². The molecule has 1 unspecified atom stereocenters. The number of rotatable bonds is 3. The van der Waals surface area contributed by atoms with Crippen molar-refractivity contribution in [1.29, 1.82) is 0 Å². The Kier molecular flexibility index (Phi) is 7.00. The highest BCUT2D eigenvalue weighted by molar-refractivity contribution is 5.98. The minimum atomic E-state index is -0.504. The van der Waals surface area contributed by atoms with Gasteiger partial charge in [-0.1, -0.05) is 33.6 Å². The van der Waals surface area contributed by atoms with E-state index in [1.807, 2.05) is 25.7 Å². The number of likely N-dealkylation sites (tertiary alicyclic amines) is 2. The van der Waals surface area contributed by atoms with Crippen molar-refractivity contribution in [2.45, 2.75) is 65.3 Å². The van der Waals surface area contributed by atoms with Crippen molar-refractivity contribution >= 4 is 29.2 Å². The van der Waals surface area contributed by atoms with Gasteiger partial charge < -0.3 is 20.4 Å². The molecule has 2 saturated heterocycles. The lowest BCUT2D eigenvalue weighted by Gasteiger charge is -2.30. The van der Waals surface area contributed by atoms with Gasteiger partial charge in [0.1, 0.15) is 6.04 Å². The third kappa shape index (κ3) is 5.52. The number of nitrogens with one attached hydrogen (secondary N) is 2. The number of carbonyl (C=O) groups excluding carboxylic acids is 3. The maximum atomic E-state index is 12.8. The van der Waals surface area contributed by atoms with E-state index in [1.165, 1.54) is 12.8 Å². The summed E-state index contributed by atoms with van der Waals surface area (Å²) in [7, 11) is 0. The second-order valence-electron chi connectivity index (χ2n) is 9.30. The van der Waals surface area contributed by atoms with Gasteiger partial charge in [-0.3, -0.25) is 9.59 Å². The summed E-state index contributed by atoms with van der Waals surface area (Å²) < 4.78 is 0. The minimum Gasteiger partial charge on any atom is -0.330 e. The highest BCUT2D eigenvalue weighted by Crippen LogP contribution is 2.26. The van der Waals surface area contributed by atoms with E-state index in [-0.39, 0.29) is 17.8 Å². The lowest BCUT2D eigenvalue weighted by atomic mass is 9.94. The quantitative estimate of drug-likeness (QED) is 0.782. The smallest absolute Gasteiger partial charge is 0.321 e. The van der Waals surface area contributed by atoms with E-state index >= 15 is 0 Å². The van der Waals surface area contributed by atoms with Crippen LogP contribution in [0.2, 0.25) is 0 Å². The molecule has 0 saturated carbocycles. The normalized spacial score (nSPS) is 19.9. The lowest BCUT2D eigenvalue weighted by molar-refractivity contribution is -0.143. The summed E-state index contributed by atoms with van der Waals surface area (Å²) in [4.78, 5) is 41.4. The van der Waals surface area contributed by atoms with E-state index in [2.05, 4.69) is 10.6 Å². The molecule has 0 aliphatic carbocycles. The van der Waals surface area contributed by atoms with Gasteiger partial charge in [0.15, 0.2) is 0 Å². The molecule has 3 rings (SSSR count). The van der Waals surface area contributed by atoms with E-state index in [0.717, 1.165) is 32.4 Å². The molecule has 7 nitrogen and oxygen atoms in total. The minimum absolute atomic E-state index is 0.00623. The molecule has 2 heterocycles. The Morgan fingerprint density at radius 1 is 0.833 bits per heavy atom. The molecular formula is C23H34N4O3. The van der Waals surface area contributed by atoms with Crippen molar-refractivity contribution in [3.05, 3.63) is 24.3 Å². The first-order valence-corrected chi connectivity index (χ1v) is 11.0. The number of amides is 4. The molecule has 0 bridgehead atoms. The van der Waals surface area contributed by atoms with Crippen LogP contribution >= 0.6 is 0 Å². The maximum Gasteiger partial charge on any atom is 0.321 e. The van der Waals surface area contributed by atoms with E-state index < -0.39 is 11.5 Å². The number of anilines is 2. The number of hydrogen-bond acceptors (Lipinski definition) is 3. The van der Waals surface area contributed by atoms with Crippen LogP contribution in [-0.4, -0.2) is 53.3 Å². The fourth-order valence-electron chi connectivity index (χ4n) is 4.05. The lowest BCUT2D eigenvalue weighted by Crippen LogP contribution is -2.47. The molecule has 164 valence electrons. The summed E-state index contributed by atoms with van der Waals surface area (Å²) in [5.74, 6) is -0.154. The number of urea groups is 1. The molecule has 1 atom stereocenters. The molecule has 7 heteroatoms. The van der Waals surface area contributed by atoms with Crippen LogP contribution in [0, 0.1) is 5.41 Å². The van der Waals surface area contributed by atoms with Gasteiger partial charge in [0.2, 0.25) is 11.8 Å². The molecule has 2 N–H and O–H groups in total. The highest BCUT2D eigenvalue weighted by Gasteiger charge is 2.38. The van der Waals surface area contributed by atoms with Crippen LogP contribution in [0.15, 0.2) is 24.3 Å². The SMILES string of the molecule is CC(C)(C)C(=O)N1CCCC1C(=O)Nc1ccc(NC(=O)N2CCCCCC2)cc1. The van der Waals surface area contributed by atoms with Crippen LogP contribution in [0.4, 0.5) is 16.2 Å². The molecule has 0 aromatic heterocycles. The standard InChI is InChI=1S/C23H34N4O3/c1-23(2,3)21(29)27-16-8-9-19(27)20(28)24-17-10-12-18(13-11-17)25-22(30)26-14-6-4-5-7-15-26/h10-13,19H,4-9,14-16H2,1-3H3,(H,24,28)(H,25,30). The third-order valence-corrected chi connectivity index (χ3v) is 5.75. The molecule has 2 aliphatic rings. The van der Waals surface area contributed by atoms with Crippen LogP contribution in [-0.2, 0) is 9.59 Å². The van der Waals surface area contributed by atoms with Gasteiger partial charge >= 0.3 is 6.03 Å². The summed E-state index contributed by atoms with van der Waals surface area (Å²) in [5.41, 5.74) is 0.853. The van der Waals surface area contributed by atoms with Crippen LogP contribution in [0.3, 0.4) is 0 Å². The van der Waals surface area contributed by atoms with Crippen molar-refractivity contribution in [3.63, 3.8) is 0 Å². The molecule has 0 radical (unpaired) electrons. The van der Waals surface area contributed by atoms with Gasteiger partial charge in [0.05, 0.1) is 0 Å². The van der Waals surface area contributed by atoms with E-state index in [0.29, 0.717) is 24.3 Å². The third-order valence-electron chi connectivity index (χ3n) is 5.75. The van der Waals surface area contributed by atoms with E-state index in [9.17, 15) is 14.4 Å². The zero-order valence-electron chi connectivity index (χ0n) is 18.4. The maximum absolute atomic E-state index is 12.8. The zero-order valence-corrected chi connectivity index (χ0v) is 18.4. The van der Waals surface area contributed by atoms with E-state index in [4.69, 9.17) is 0 Å². The van der Waals surface area contributed by atoms with Crippen molar-refractivity contribution in [2.75, 3.05) is 30.3 Å². The number of carbonyl (C=O) groups is 3. The summed E-state index contributed by atoms with van der Waals surface area (Å²) in [6, 6.07) is 6.63. The number of benzene rings is 1. The van der Waals surface area contributed by atoms with Gasteiger partial charge in [-0.15, -0.1) is 0 Å². The predicted molar refractivity (Wildman–Crippen MR) is 118 cm³/mol. The van der Waals surface area contributed by atoms with Crippen molar-refractivity contribution in [3.8, 4) is 0 Å². The Morgan fingerprint density at radius 2 is 1.40 bits per heavy atom. The summed E-state index contributed by atoms with van der Waals surface area (Å²) in [5, 5.41) is 5.85. The van der Waals surface area contributed by atoms with Gasteiger partial charge in [0.25, 0.3) is 0 Å². The molecular weight excluding hydrogens is 380 g/mol. The van der Waals surface area contributed by atoms with Gasteiger partial charge in [-0.2, -0.15) is 0 Å². The summed E-state index contributed by atoms with van der Waals surface area (Å²) in [6.45, 7) is 7.84. The molecule has 2 fully saturated rings. The van der Waals surface area contributed by atoms with Crippen molar-refractivity contribution in [2.24, 2.45) is 5.41 Å². The first-order chi connectivity index (χ1) is 14.3. The second kappa shape index (κ2) is 9.49. The van der Waals surface area contributed by atoms with Crippen LogP contribution in [0.5, 0.6) is 0 Å². The van der Waals surface area contributed by atoms with Gasteiger partial charge in [-0.05, 0) is 49.9 Å². The Morgan fingerprint density at radius 3 is 1.97 bits per heavy atom. The highest BCUT2D eigenvalue weighted by atomic mass is 16.2. The Hall–Kier alpha value is -2.57. The Bertz CT molecular complexity index is 762. The van der Waals surface area contributed by atoms with Crippen LogP contribution in [0.25, 0.3) is 0 Å². The molecule has 1 aromatic rings. The first kappa shape index (κ1) is 22.1. The first-order valence-electron chi connectivity index (χ1n) is 11.0. The average molecular weight is 415 g/mol. The largest absolute Gasteiger partial charge is 0.330 e. The predicted octanol–water partition coefficient (Wildman–Crippen LogP) is 4.07.